The molecule has 2 aromatic carbocycles. The van der Waals surface area contributed by atoms with Crippen LogP contribution in [0, 0.1) is 0 Å². The van der Waals surface area contributed by atoms with Gasteiger partial charge >= 0.3 is 6.03 Å². The number of benzene rings is 2. The molecular weight excluding hydrogens is 440 g/mol. The molecule has 4 N–H and O–H groups in total. The molecule has 5 aromatic rings. The van der Waals surface area contributed by atoms with Crippen molar-refractivity contribution in [1.82, 2.24) is 19.9 Å². The van der Waals surface area contributed by atoms with Gasteiger partial charge < -0.3 is 25.5 Å². The molecule has 0 aliphatic carbocycles. The molecule has 4 heterocycles. The second-order valence-corrected chi connectivity index (χ2v) is 8.76. The number of aromatic nitrogens is 3. The summed E-state index contributed by atoms with van der Waals surface area (Å²) in [7, 11) is 0. The Morgan fingerprint density at radius 3 is 2.74 bits per heavy atom. The Morgan fingerprint density at radius 1 is 1.03 bits per heavy atom. The van der Waals surface area contributed by atoms with E-state index in [0.717, 1.165) is 45.2 Å². The molecule has 0 radical (unpaired) electrons. The summed E-state index contributed by atoms with van der Waals surface area (Å²) < 4.78 is 2.16. The fourth-order valence-corrected chi connectivity index (χ4v) is 4.74. The molecule has 1 aliphatic heterocycles. The molecule has 35 heavy (non-hydrogen) atoms. The van der Waals surface area contributed by atoms with Crippen LogP contribution in [0.25, 0.3) is 21.9 Å². The molecule has 0 saturated carbocycles. The predicted molar refractivity (Wildman–Crippen MR) is 136 cm³/mol. The summed E-state index contributed by atoms with van der Waals surface area (Å²) in [5.74, 6) is 0.0815. The van der Waals surface area contributed by atoms with E-state index in [1.165, 1.54) is 0 Å². The van der Waals surface area contributed by atoms with Gasteiger partial charge in [0, 0.05) is 48.0 Å². The van der Waals surface area contributed by atoms with Gasteiger partial charge in [-0.3, -0.25) is 4.79 Å². The number of hydrogen-bond acceptors (Lipinski definition) is 3. The molecule has 1 atom stereocenters. The van der Waals surface area contributed by atoms with Gasteiger partial charge in [0.15, 0.2) is 0 Å². The number of rotatable bonds is 5. The number of urea groups is 1. The van der Waals surface area contributed by atoms with Gasteiger partial charge in [0.25, 0.3) is 0 Å². The minimum absolute atomic E-state index is 0.0486. The molecule has 8 nitrogen and oxygen atoms in total. The number of carbonyl (C=O) groups is 2. The molecule has 1 aliphatic rings. The minimum Gasteiger partial charge on any atom is -0.349 e. The fourth-order valence-electron chi connectivity index (χ4n) is 4.74. The van der Waals surface area contributed by atoms with E-state index in [4.69, 9.17) is 0 Å². The maximum atomic E-state index is 12.7. The third-order valence-electron chi connectivity index (χ3n) is 6.51. The van der Waals surface area contributed by atoms with Gasteiger partial charge in [-0.25, -0.2) is 9.78 Å². The van der Waals surface area contributed by atoms with Crippen molar-refractivity contribution in [3.63, 3.8) is 0 Å². The molecule has 6 rings (SSSR count). The Labute approximate surface area is 201 Å². The Kier molecular flexibility index (Phi) is 5.18. The van der Waals surface area contributed by atoms with E-state index >= 15 is 0 Å². The first-order valence-electron chi connectivity index (χ1n) is 11.6. The van der Waals surface area contributed by atoms with Crippen LogP contribution in [0.15, 0.2) is 79.3 Å². The Balaban J connectivity index is 1.17. The second kappa shape index (κ2) is 8.64. The average Bonchev–Trinajstić information content (AvgIpc) is 3.60. The predicted octanol–water partition coefficient (Wildman–Crippen LogP) is 5.16. The van der Waals surface area contributed by atoms with Crippen molar-refractivity contribution in [2.24, 2.45) is 0 Å². The third kappa shape index (κ3) is 4.10. The molecule has 3 aromatic heterocycles. The number of nitrogens with zero attached hydrogens (tertiary/aromatic N) is 2. The van der Waals surface area contributed by atoms with Crippen LogP contribution in [0.5, 0.6) is 0 Å². The van der Waals surface area contributed by atoms with Crippen LogP contribution in [-0.4, -0.2) is 26.5 Å². The quantitative estimate of drug-likeness (QED) is 0.289. The number of anilines is 2. The number of fused-ring (bicyclic) bond motifs is 2. The lowest BCUT2D eigenvalue weighted by atomic mass is 10.1. The first-order chi connectivity index (χ1) is 17.1. The van der Waals surface area contributed by atoms with Crippen molar-refractivity contribution < 1.29 is 9.59 Å². The summed E-state index contributed by atoms with van der Waals surface area (Å²) >= 11 is 0. The van der Waals surface area contributed by atoms with E-state index in [9.17, 15) is 9.59 Å². The normalized spacial score (nSPS) is 15.4. The third-order valence-corrected chi connectivity index (χ3v) is 6.51. The molecule has 8 heteroatoms. The number of hydrogen-bond donors (Lipinski definition) is 4. The lowest BCUT2D eigenvalue weighted by Gasteiger charge is -2.12. The van der Waals surface area contributed by atoms with Crippen LogP contribution in [0.3, 0.4) is 0 Å². The van der Waals surface area contributed by atoms with Crippen LogP contribution in [-0.2, 0) is 11.3 Å². The largest absolute Gasteiger partial charge is 0.349 e. The molecular formula is C27H24N6O2. The van der Waals surface area contributed by atoms with Crippen LogP contribution in [0.4, 0.5) is 16.2 Å². The zero-order chi connectivity index (χ0) is 23.8. The van der Waals surface area contributed by atoms with Crippen molar-refractivity contribution in [2.45, 2.75) is 25.4 Å². The van der Waals surface area contributed by atoms with E-state index in [0.29, 0.717) is 18.7 Å². The first-order valence-corrected chi connectivity index (χ1v) is 11.6. The number of nitrogens with one attached hydrogen (secondary N) is 4. The standard InChI is InChI=1S/C27H24N6O2/c34-25-11-10-22(31-25)17-6-8-19(9-7-17)30-27(35)32-23-4-1-5-24-21(23)12-14-33(24)16-18-15-29-26-20(18)3-2-13-28-26/h1-9,12-15,22H,10-11,16H2,(H,28,29)(H,31,34)(H2,30,32,35). The summed E-state index contributed by atoms with van der Waals surface area (Å²) in [6, 6.07) is 19.2. The fraction of sp³-hybridized carbons (Fsp3) is 0.148. The highest BCUT2D eigenvalue weighted by Crippen LogP contribution is 2.28. The number of H-pyrrole nitrogens is 1. The van der Waals surface area contributed by atoms with E-state index < -0.39 is 0 Å². The Hall–Kier alpha value is -4.59. The van der Waals surface area contributed by atoms with Gasteiger partial charge in [-0.15, -0.1) is 0 Å². The molecule has 3 amide bonds. The minimum atomic E-state index is -0.310. The topological polar surface area (TPSA) is 104 Å². The molecule has 174 valence electrons. The van der Waals surface area contributed by atoms with Crippen LogP contribution in [0.2, 0.25) is 0 Å². The molecule has 1 saturated heterocycles. The molecule has 1 fully saturated rings. The number of carbonyl (C=O) groups excluding carboxylic acids is 2. The summed E-state index contributed by atoms with van der Waals surface area (Å²) in [6.45, 7) is 0.693. The highest BCUT2D eigenvalue weighted by molar-refractivity contribution is 6.05. The van der Waals surface area contributed by atoms with E-state index in [1.807, 2.05) is 67.0 Å². The van der Waals surface area contributed by atoms with E-state index in [2.05, 4.69) is 36.6 Å². The van der Waals surface area contributed by atoms with Gasteiger partial charge in [-0.1, -0.05) is 18.2 Å². The summed E-state index contributed by atoms with van der Waals surface area (Å²) in [4.78, 5) is 31.8. The van der Waals surface area contributed by atoms with E-state index in [-0.39, 0.29) is 18.0 Å². The average molecular weight is 465 g/mol. The lowest BCUT2D eigenvalue weighted by molar-refractivity contribution is -0.119. The van der Waals surface area contributed by atoms with Gasteiger partial charge in [-0.2, -0.15) is 0 Å². The van der Waals surface area contributed by atoms with Gasteiger partial charge in [0.05, 0.1) is 17.2 Å². The maximum absolute atomic E-state index is 12.7. The van der Waals surface area contributed by atoms with Crippen molar-refractivity contribution in [3.05, 3.63) is 90.4 Å². The smallest absolute Gasteiger partial charge is 0.323 e. The first kappa shape index (κ1) is 21.0. The van der Waals surface area contributed by atoms with Gasteiger partial charge in [-0.05, 0) is 60.0 Å². The van der Waals surface area contributed by atoms with Crippen LogP contribution in [0.1, 0.15) is 30.0 Å². The highest BCUT2D eigenvalue weighted by Gasteiger charge is 2.22. The SMILES string of the molecule is O=C1CCC(c2ccc(NC(=O)Nc3cccc4c3ccn4Cc3c[nH]c4ncccc34)cc2)N1. The highest BCUT2D eigenvalue weighted by atomic mass is 16.2. The van der Waals surface area contributed by atoms with Crippen LogP contribution >= 0.6 is 0 Å². The van der Waals surface area contributed by atoms with E-state index in [1.54, 1.807) is 6.20 Å². The zero-order valence-corrected chi connectivity index (χ0v) is 18.9. The van der Waals surface area contributed by atoms with Crippen molar-refractivity contribution in [3.8, 4) is 0 Å². The summed E-state index contributed by atoms with van der Waals surface area (Å²) in [5.41, 5.74) is 5.53. The summed E-state index contributed by atoms with van der Waals surface area (Å²) in [6.07, 6.45) is 7.15. The monoisotopic (exact) mass is 464 g/mol. The molecule has 0 bridgehead atoms. The number of amides is 3. The van der Waals surface area contributed by atoms with Crippen molar-refractivity contribution in [1.29, 1.82) is 0 Å². The van der Waals surface area contributed by atoms with Gasteiger partial charge in [0.1, 0.15) is 5.65 Å². The number of aromatic amines is 1. The molecule has 0 spiro atoms. The Bertz CT molecular complexity index is 1550. The van der Waals surface area contributed by atoms with Gasteiger partial charge in [0.2, 0.25) is 5.91 Å². The van der Waals surface area contributed by atoms with Crippen molar-refractivity contribution >= 4 is 45.2 Å². The van der Waals surface area contributed by atoms with Crippen LogP contribution < -0.4 is 16.0 Å². The lowest BCUT2D eigenvalue weighted by Crippen LogP contribution is -2.20. The molecule has 1 unspecified atom stereocenters. The maximum Gasteiger partial charge on any atom is 0.323 e. The van der Waals surface area contributed by atoms with Crippen molar-refractivity contribution in [2.75, 3.05) is 10.6 Å². The second-order valence-electron chi connectivity index (χ2n) is 8.76. The zero-order valence-electron chi connectivity index (χ0n) is 18.9. The Morgan fingerprint density at radius 2 is 1.91 bits per heavy atom. The summed E-state index contributed by atoms with van der Waals surface area (Å²) in [5, 5.41) is 10.9. The number of pyridine rings is 1.